The number of aromatic amines is 1. The molecule has 0 saturated carbocycles. The van der Waals surface area contributed by atoms with Crippen molar-refractivity contribution in [2.75, 3.05) is 5.73 Å². The van der Waals surface area contributed by atoms with E-state index < -0.39 is 23.2 Å². The zero-order valence-corrected chi connectivity index (χ0v) is 7.76. The summed E-state index contributed by atoms with van der Waals surface area (Å²) in [5, 5.41) is 15.2. The molecule has 2 rings (SSSR count). The topological polar surface area (TPSA) is 74.9 Å². The van der Waals surface area contributed by atoms with Crippen molar-refractivity contribution in [3.05, 3.63) is 29.6 Å². The fourth-order valence-corrected chi connectivity index (χ4v) is 1.27. The van der Waals surface area contributed by atoms with Crippen LogP contribution in [0.15, 0.2) is 12.1 Å². The van der Waals surface area contributed by atoms with E-state index in [2.05, 4.69) is 10.2 Å². The van der Waals surface area contributed by atoms with Crippen LogP contribution in [0.2, 0.25) is 0 Å². The van der Waals surface area contributed by atoms with E-state index in [1.54, 1.807) is 0 Å². The van der Waals surface area contributed by atoms with Crippen LogP contribution < -0.4 is 5.73 Å². The number of nitrogens with zero attached hydrogens (tertiary/aromatic N) is 1. The van der Waals surface area contributed by atoms with Crippen molar-refractivity contribution in [3.63, 3.8) is 0 Å². The number of hydrogen-bond acceptors (Lipinski definition) is 3. The van der Waals surface area contributed by atoms with Crippen LogP contribution in [0, 0.1) is 17.5 Å². The molecular weight excluding hydrogens is 223 g/mol. The van der Waals surface area contributed by atoms with E-state index in [9.17, 15) is 18.3 Å². The molecule has 4 N–H and O–H groups in total. The first-order valence-electron chi connectivity index (χ1n) is 4.18. The van der Waals surface area contributed by atoms with E-state index in [0.717, 1.165) is 0 Å². The van der Waals surface area contributed by atoms with E-state index in [-0.39, 0.29) is 17.1 Å². The van der Waals surface area contributed by atoms with Gasteiger partial charge in [-0.15, -0.1) is 0 Å². The van der Waals surface area contributed by atoms with Gasteiger partial charge in [0.25, 0.3) is 0 Å². The van der Waals surface area contributed by atoms with Gasteiger partial charge in [-0.2, -0.15) is 9.49 Å². The van der Waals surface area contributed by atoms with E-state index in [4.69, 9.17) is 5.73 Å². The molecule has 0 atom stereocenters. The van der Waals surface area contributed by atoms with Gasteiger partial charge in [0.15, 0.2) is 17.4 Å². The second kappa shape index (κ2) is 3.44. The van der Waals surface area contributed by atoms with Gasteiger partial charge < -0.3 is 10.8 Å². The summed E-state index contributed by atoms with van der Waals surface area (Å²) in [5.74, 6) is -5.70. The standard InChI is InChI=1S/C9H6F3N3O/c10-4-1-3(5-2-6(13)15-14-5)9(16)8(12)7(4)11/h1-2,16H,(H3,13,14,15). The zero-order chi connectivity index (χ0) is 11.9. The highest BCUT2D eigenvalue weighted by Gasteiger charge is 2.19. The third kappa shape index (κ3) is 1.46. The number of nitrogen functional groups attached to an aromatic ring is 1. The van der Waals surface area contributed by atoms with E-state index in [1.165, 1.54) is 6.07 Å². The minimum absolute atomic E-state index is 0.0829. The maximum atomic E-state index is 13.0. The predicted octanol–water partition coefficient (Wildman–Crippen LogP) is 1.78. The van der Waals surface area contributed by atoms with Gasteiger partial charge in [0.1, 0.15) is 5.82 Å². The first kappa shape index (κ1) is 10.3. The lowest BCUT2D eigenvalue weighted by Crippen LogP contribution is -1.93. The van der Waals surface area contributed by atoms with Crippen LogP contribution in [-0.2, 0) is 0 Å². The minimum Gasteiger partial charge on any atom is -0.504 e. The Hall–Kier alpha value is -2.18. The summed E-state index contributed by atoms with van der Waals surface area (Å²) in [4.78, 5) is 0. The lowest BCUT2D eigenvalue weighted by Gasteiger charge is -2.04. The number of aromatic hydroxyl groups is 1. The van der Waals surface area contributed by atoms with Crippen LogP contribution in [0.3, 0.4) is 0 Å². The molecule has 16 heavy (non-hydrogen) atoms. The minimum atomic E-state index is -1.73. The van der Waals surface area contributed by atoms with Gasteiger partial charge in [-0.05, 0) is 6.07 Å². The SMILES string of the molecule is Nc1cc(-c2cc(F)c(F)c(F)c2O)[nH]n1. The van der Waals surface area contributed by atoms with Gasteiger partial charge in [-0.1, -0.05) is 0 Å². The number of nitrogens with two attached hydrogens (primary N) is 1. The molecule has 0 fully saturated rings. The van der Waals surface area contributed by atoms with Crippen LogP contribution in [-0.4, -0.2) is 15.3 Å². The Bertz CT molecular complexity index is 553. The molecule has 0 bridgehead atoms. The van der Waals surface area contributed by atoms with Crippen molar-refractivity contribution in [2.45, 2.75) is 0 Å². The Kier molecular flexibility index (Phi) is 2.22. The van der Waals surface area contributed by atoms with Crippen molar-refractivity contribution < 1.29 is 18.3 Å². The molecule has 4 nitrogen and oxygen atoms in total. The molecule has 7 heteroatoms. The van der Waals surface area contributed by atoms with Gasteiger partial charge in [0.2, 0.25) is 5.82 Å². The summed E-state index contributed by atoms with van der Waals surface area (Å²) >= 11 is 0. The van der Waals surface area contributed by atoms with Crippen LogP contribution in [0.5, 0.6) is 5.75 Å². The number of H-pyrrole nitrogens is 1. The lowest BCUT2D eigenvalue weighted by molar-refractivity contribution is 0.388. The summed E-state index contributed by atoms with van der Waals surface area (Å²) in [6.45, 7) is 0. The van der Waals surface area contributed by atoms with Gasteiger partial charge in [-0.3, -0.25) is 5.10 Å². The molecule has 0 saturated heterocycles. The molecule has 0 amide bonds. The maximum Gasteiger partial charge on any atom is 0.204 e. The predicted molar refractivity (Wildman–Crippen MR) is 50.0 cm³/mol. The molecule has 1 aromatic carbocycles. The Balaban J connectivity index is 2.66. The molecule has 0 aliphatic heterocycles. The van der Waals surface area contributed by atoms with E-state index in [0.29, 0.717) is 6.07 Å². The fraction of sp³-hybridized carbons (Fsp3) is 0. The number of phenolic OH excluding ortho intramolecular Hbond substituents is 1. The largest absolute Gasteiger partial charge is 0.504 e. The number of anilines is 1. The molecule has 2 aromatic rings. The van der Waals surface area contributed by atoms with Crippen molar-refractivity contribution in [1.82, 2.24) is 10.2 Å². The number of hydrogen-bond donors (Lipinski definition) is 3. The normalized spacial score (nSPS) is 10.7. The summed E-state index contributed by atoms with van der Waals surface area (Å²) < 4.78 is 38.7. The number of halogens is 3. The van der Waals surface area contributed by atoms with Gasteiger partial charge >= 0.3 is 0 Å². The Labute approximate surface area is 87.5 Å². The summed E-state index contributed by atoms with van der Waals surface area (Å²) in [6, 6.07) is 1.91. The van der Waals surface area contributed by atoms with Crippen LogP contribution in [0.1, 0.15) is 0 Å². The number of rotatable bonds is 1. The van der Waals surface area contributed by atoms with E-state index >= 15 is 0 Å². The third-order valence-corrected chi connectivity index (χ3v) is 2.02. The van der Waals surface area contributed by atoms with Gasteiger partial charge in [0.05, 0.1) is 5.69 Å². The molecule has 0 unspecified atom stereocenters. The van der Waals surface area contributed by atoms with Crippen molar-refractivity contribution in [2.24, 2.45) is 0 Å². The highest BCUT2D eigenvalue weighted by molar-refractivity contribution is 5.69. The van der Waals surface area contributed by atoms with Crippen molar-refractivity contribution in [1.29, 1.82) is 0 Å². The molecule has 84 valence electrons. The fourth-order valence-electron chi connectivity index (χ4n) is 1.27. The molecule has 0 aliphatic carbocycles. The monoisotopic (exact) mass is 229 g/mol. The molecule has 1 heterocycles. The number of phenols is 1. The Morgan fingerprint density at radius 3 is 2.44 bits per heavy atom. The second-order valence-corrected chi connectivity index (χ2v) is 3.09. The van der Waals surface area contributed by atoms with Crippen LogP contribution in [0.25, 0.3) is 11.3 Å². The summed E-state index contributed by atoms with van der Waals surface area (Å²) in [6.07, 6.45) is 0. The quantitative estimate of drug-likeness (QED) is 0.652. The van der Waals surface area contributed by atoms with Gasteiger partial charge in [0, 0.05) is 11.6 Å². The average Bonchev–Trinajstić information content (AvgIpc) is 2.67. The zero-order valence-electron chi connectivity index (χ0n) is 7.76. The highest BCUT2D eigenvalue weighted by Crippen LogP contribution is 2.33. The van der Waals surface area contributed by atoms with Crippen LogP contribution in [0.4, 0.5) is 19.0 Å². The third-order valence-electron chi connectivity index (χ3n) is 2.02. The van der Waals surface area contributed by atoms with E-state index in [1.807, 2.05) is 0 Å². The van der Waals surface area contributed by atoms with Gasteiger partial charge in [-0.25, -0.2) is 8.78 Å². The Morgan fingerprint density at radius 1 is 1.19 bits per heavy atom. The highest BCUT2D eigenvalue weighted by atomic mass is 19.2. The smallest absolute Gasteiger partial charge is 0.204 e. The maximum absolute atomic E-state index is 13.0. The number of nitrogens with one attached hydrogen (secondary N) is 1. The Morgan fingerprint density at radius 2 is 1.88 bits per heavy atom. The molecular formula is C9H6F3N3O. The first-order chi connectivity index (χ1) is 7.50. The number of aromatic nitrogens is 2. The number of benzene rings is 1. The van der Waals surface area contributed by atoms with Crippen LogP contribution >= 0.6 is 0 Å². The molecule has 1 aromatic heterocycles. The molecule has 0 aliphatic rings. The van der Waals surface area contributed by atoms with Crippen molar-refractivity contribution >= 4 is 5.82 Å². The van der Waals surface area contributed by atoms with Crippen molar-refractivity contribution in [3.8, 4) is 17.0 Å². The average molecular weight is 229 g/mol. The lowest BCUT2D eigenvalue weighted by atomic mass is 10.1. The first-order valence-corrected chi connectivity index (χ1v) is 4.18. The molecule has 0 radical (unpaired) electrons. The second-order valence-electron chi connectivity index (χ2n) is 3.09. The summed E-state index contributed by atoms with van der Waals surface area (Å²) in [5.41, 5.74) is 5.13. The summed E-state index contributed by atoms with van der Waals surface area (Å²) in [7, 11) is 0. The molecule has 0 spiro atoms.